The molecule has 0 aliphatic rings. The van der Waals surface area contributed by atoms with Crippen LogP contribution in [0, 0.1) is 0 Å². The van der Waals surface area contributed by atoms with Gasteiger partial charge in [0, 0.05) is 19.3 Å². The number of benzene rings is 2. The highest BCUT2D eigenvalue weighted by atomic mass is 16.1. The highest BCUT2D eigenvalue weighted by molar-refractivity contribution is 5.86. The van der Waals surface area contributed by atoms with Gasteiger partial charge < -0.3 is 5.73 Å². The third-order valence-corrected chi connectivity index (χ3v) is 2.96. The van der Waals surface area contributed by atoms with Crippen molar-refractivity contribution < 1.29 is 9.59 Å². The van der Waals surface area contributed by atoms with Crippen molar-refractivity contribution in [1.29, 1.82) is 0 Å². The SMILES string of the molecule is CC.CCC(=O)CCC(=O)CN.c1ccc2ccccc2c1. The summed E-state index contributed by atoms with van der Waals surface area (Å²) in [5.41, 5.74) is 5.04. The summed E-state index contributed by atoms with van der Waals surface area (Å²) in [7, 11) is 0. The van der Waals surface area contributed by atoms with Crippen molar-refractivity contribution in [1.82, 2.24) is 0 Å². The Balaban J connectivity index is 0.000000360. The molecule has 0 unspecified atom stereocenters. The molecule has 0 aromatic heterocycles. The van der Waals surface area contributed by atoms with E-state index >= 15 is 0 Å². The van der Waals surface area contributed by atoms with Crippen LogP contribution in [0.15, 0.2) is 48.5 Å². The molecular weight excluding hydrogens is 274 g/mol. The lowest BCUT2D eigenvalue weighted by molar-refractivity contribution is -0.123. The lowest BCUT2D eigenvalue weighted by Gasteiger charge is -1.94. The maximum Gasteiger partial charge on any atom is 0.146 e. The Labute approximate surface area is 133 Å². The summed E-state index contributed by atoms with van der Waals surface area (Å²) in [4.78, 5) is 21.2. The number of carbonyl (C=O) groups excluding carboxylic acids is 2. The van der Waals surface area contributed by atoms with E-state index in [9.17, 15) is 9.59 Å². The van der Waals surface area contributed by atoms with Crippen LogP contribution in [0.3, 0.4) is 0 Å². The molecule has 0 heterocycles. The fourth-order valence-electron chi connectivity index (χ4n) is 1.69. The van der Waals surface area contributed by atoms with Crippen LogP contribution in [-0.2, 0) is 9.59 Å². The smallest absolute Gasteiger partial charge is 0.146 e. The molecule has 22 heavy (non-hydrogen) atoms. The fraction of sp³-hybridized carbons (Fsp3) is 0.368. The third kappa shape index (κ3) is 8.32. The summed E-state index contributed by atoms with van der Waals surface area (Å²) >= 11 is 0. The maximum atomic E-state index is 10.6. The zero-order valence-corrected chi connectivity index (χ0v) is 13.8. The van der Waals surface area contributed by atoms with E-state index in [1.165, 1.54) is 10.8 Å². The van der Waals surface area contributed by atoms with Gasteiger partial charge >= 0.3 is 0 Å². The van der Waals surface area contributed by atoms with Gasteiger partial charge in [0.05, 0.1) is 6.54 Å². The Morgan fingerprint density at radius 3 is 1.50 bits per heavy atom. The first-order chi connectivity index (χ1) is 10.7. The topological polar surface area (TPSA) is 60.2 Å². The minimum atomic E-state index is -0.0400. The first-order valence-corrected chi connectivity index (χ1v) is 7.84. The first-order valence-electron chi connectivity index (χ1n) is 7.84. The summed E-state index contributed by atoms with van der Waals surface area (Å²) < 4.78 is 0. The van der Waals surface area contributed by atoms with Crippen LogP contribution in [0.5, 0.6) is 0 Å². The van der Waals surface area contributed by atoms with Crippen molar-refractivity contribution in [3.8, 4) is 0 Å². The second kappa shape index (κ2) is 12.7. The van der Waals surface area contributed by atoms with Crippen molar-refractivity contribution in [2.24, 2.45) is 5.73 Å². The Hall–Kier alpha value is -2.00. The van der Waals surface area contributed by atoms with Gasteiger partial charge in [-0.2, -0.15) is 0 Å². The minimum absolute atomic E-state index is 0.0400. The third-order valence-electron chi connectivity index (χ3n) is 2.96. The quantitative estimate of drug-likeness (QED) is 0.903. The normalized spacial score (nSPS) is 9.09. The largest absolute Gasteiger partial charge is 0.324 e. The highest BCUT2D eigenvalue weighted by Crippen LogP contribution is 2.11. The Bertz CT molecular complexity index is 483. The van der Waals surface area contributed by atoms with Crippen molar-refractivity contribution in [3.63, 3.8) is 0 Å². The lowest BCUT2D eigenvalue weighted by Crippen LogP contribution is -2.14. The van der Waals surface area contributed by atoms with E-state index in [1.54, 1.807) is 6.92 Å². The number of hydrogen-bond donors (Lipinski definition) is 1. The zero-order chi connectivity index (χ0) is 16.8. The summed E-state index contributed by atoms with van der Waals surface area (Å²) in [6.45, 7) is 5.84. The van der Waals surface area contributed by atoms with E-state index < -0.39 is 0 Å². The molecule has 0 aliphatic heterocycles. The summed E-state index contributed by atoms with van der Waals surface area (Å²) in [5.74, 6) is 0.0867. The molecule has 0 bridgehead atoms. The molecule has 3 heteroatoms. The molecular formula is C19H27NO2. The molecule has 0 fully saturated rings. The minimum Gasteiger partial charge on any atom is -0.324 e. The summed E-state index contributed by atoms with van der Waals surface area (Å²) in [5, 5.41) is 2.62. The van der Waals surface area contributed by atoms with Crippen LogP contribution >= 0.6 is 0 Å². The molecule has 0 atom stereocenters. The molecule has 2 aromatic rings. The van der Waals surface area contributed by atoms with Gasteiger partial charge in [-0.15, -0.1) is 0 Å². The molecule has 120 valence electrons. The number of hydrogen-bond acceptors (Lipinski definition) is 3. The van der Waals surface area contributed by atoms with Crippen molar-refractivity contribution in [2.45, 2.75) is 40.0 Å². The number of nitrogens with two attached hydrogens (primary N) is 1. The van der Waals surface area contributed by atoms with E-state index in [4.69, 9.17) is 5.73 Å². The van der Waals surface area contributed by atoms with Gasteiger partial charge in [0.2, 0.25) is 0 Å². The molecule has 0 aliphatic carbocycles. The van der Waals surface area contributed by atoms with Crippen molar-refractivity contribution >= 4 is 22.3 Å². The average Bonchev–Trinajstić information content (AvgIpc) is 2.61. The highest BCUT2D eigenvalue weighted by Gasteiger charge is 2.02. The van der Waals surface area contributed by atoms with Crippen LogP contribution in [-0.4, -0.2) is 18.1 Å². The number of ketones is 2. The molecule has 2 aromatic carbocycles. The fourth-order valence-corrected chi connectivity index (χ4v) is 1.69. The van der Waals surface area contributed by atoms with E-state index in [2.05, 4.69) is 48.5 Å². The second-order valence-corrected chi connectivity index (χ2v) is 4.48. The van der Waals surface area contributed by atoms with Crippen LogP contribution in [0.1, 0.15) is 40.0 Å². The van der Waals surface area contributed by atoms with Gasteiger partial charge in [-0.1, -0.05) is 69.3 Å². The Morgan fingerprint density at radius 1 is 0.818 bits per heavy atom. The van der Waals surface area contributed by atoms with Crippen LogP contribution in [0.4, 0.5) is 0 Å². The number of Topliss-reactive ketones (excluding diaryl/α,β-unsaturated/α-hetero) is 2. The van der Waals surface area contributed by atoms with Gasteiger partial charge in [0.25, 0.3) is 0 Å². The van der Waals surface area contributed by atoms with E-state index in [0.29, 0.717) is 19.3 Å². The van der Waals surface area contributed by atoms with Gasteiger partial charge in [0.15, 0.2) is 0 Å². The summed E-state index contributed by atoms with van der Waals surface area (Å²) in [6.07, 6.45) is 1.17. The van der Waals surface area contributed by atoms with Crippen LogP contribution in [0.25, 0.3) is 10.8 Å². The molecule has 0 amide bonds. The van der Waals surface area contributed by atoms with Crippen LogP contribution in [0.2, 0.25) is 0 Å². The molecule has 0 saturated carbocycles. The Morgan fingerprint density at radius 2 is 1.18 bits per heavy atom. The number of carbonyl (C=O) groups is 2. The second-order valence-electron chi connectivity index (χ2n) is 4.48. The van der Waals surface area contributed by atoms with Gasteiger partial charge in [-0.3, -0.25) is 9.59 Å². The average molecular weight is 301 g/mol. The van der Waals surface area contributed by atoms with E-state index in [0.717, 1.165) is 0 Å². The van der Waals surface area contributed by atoms with E-state index in [-0.39, 0.29) is 18.1 Å². The van der Waals surface area contributed by atoms with Gasteiger partial charge in [-0.05, 0) is 10.8 Å². The molecule has 3 nitrogen and oxygen atoms in total. The monoisotopic (exact) mass is 301 g/mol. The van der Waals surface area contributed by atoms with Crippen LogP contribution < -0.4 is 5.73 Å². The number of fused-ring (bicyclic) bond motifs is 1. The zero-order valence-electron chi connectivity index (χ0n) is 13.8. The molecule has 2 rings (SSSR count). The predicted octanol–water partition coefficient (Wildman–Crippen LogP) is 4.14. The maximum absolute atomic E-state index is 10.6. The summed E-state index contributed by atoms with van der Waals surface area (Å²) in [6, 6.07) is 16.7. The molecule has 2 N–H and O–H groups in total. The molecule has 0 saturated heterocycles. The van der Waals surface area contributed by atoms with Gasteiger partial charge in [0.1, 0.15) is 11.6 Å². The predicted molar refractivity (Wildman–Crippen MR) is 93.9 cm³/mol. The first kappa shape index (κ1) is 20.0. The lowest BCUT2D eigenvalue weighted by atomic mass is 10.1. The Kier molecular flexibility index (Phi) is 11.6. The van der Waals surface area contributed by atoms with E-state index in [1.807, 2.05) is 13.8 Å². The molecule has 0 radical (unpaired) electrons. The van der Waals surface area contributed by atoms with Crippen molar-refractivity contribution in [3.05, 3.63) is 48.5 Å². The number of rotatable bonds is 5. The molecule has 0 spiro atoms. The standard InChI is InChI=1S/C10H8.C7H13NO2.C2H6/c1-2-6-10-8-4-3-7-9(10)5-1;1-2-6(9)3-4-7(10)5-8;1-2/h1-8H;2-5,8H2,1H3;1-2H3. The van der Waals surface area contributed by atoms with Gasteiger partial charge in [-0.25, -0.2) is 0 Å². The van der Waals surface area contributed by atoms with Crippen molar-refractivity contribution in [2.75, 3.05) is 6.54 Å².